The molecule has 0 atom stereocenters. The van der Waals surface area contributed by atoms with E-state index in [0.29, 0.717) is 5.41 Å². The molecule has 2 fully saturated rings. The molecule has 0 amide bonds. The van der Waals surface area contributed by atoms with E-state index in [4.69, 9.17) is 4.74 Å². The van der Waals surface area contributed by atoms with E-state index < -0.39 is 0 Å². The first kappa shape index (κ1) is 13.6. The first-order chi connectivity index (χ1) is 11.2. The van der Waals surface area contributed by atoms with E-state index in [9.17, 15) is 0 Å². The summed E-state index contributed by atoms with van der Waals surface area (Å²) in [7, 11) is 2.13. The van der Waals surface area contributed by atoms with E-state index in [-0.39, 0.29) is 5.60 Å². The van der Waals surface area contributed by atoms with Crippen LogP contribution in [-0.4, -0.2) is 5.60 Å². The minimum atomic E-state index is 0.102. The molecule has 2 nitrogen and oxygen atoms in total. The van der Waals surface area contributed by atoms with Crippen molar-refractivity contribution in [3.05, 3.63) is 47.7 Å². The monoisotopic (exact) mass is 306 g/mol. The third-order valence-corrected chi connectivity index (χ3v) is 6.52. The lowest BCUT2D eigenvalue weighted by Crippen LogP contribution is -2.40. The molecule has 1 aliphatic heterocycles. The molecule has 1 aromatic heterocycles. The van der Waals surface area contributed by atoms with Crippen molar-refractivity contribution in [3.8, 4) is 17.0 Å². The lowest BCUT2D eigenvalue weighted by molar-refractivity contribution is -0.660. The second kappa shape index (κ2) is 4.37. The number of hydrogen-bond acceptors (Lipinski definition) is 1. The van der Waals surface area contributed by atoms with Gasteiger partial charge in [-0.2, -0.15) is 0 Å². The maximum absolute atomic E-state index is 6.84. The lowest BCUT2D eigenvalue weighted by Gasteiger charge is -2.30. The number of aryl methyl sites for hydroxylation is 2. The first-order valence-corrected chi connectivity index (χ1v) is 8.95. The van der Waals surface area contributed by atoms with E-state index in [0.717, 1.165) is 0 Å². The predicted octanol–water partition coefficient (Wildman–Crippen LogP) is 4.22. The van der Waals surface area contributed by atoms with Crippen molar-refractivity contribution in [2.75, 3.05) is 0 Å². The largest absolute Gasteiger partial charge is 0.485 e. The second-order valence-electron chi connectivity index (χ2n) is 7.72. The predicted molar refractivity (Wildman–Crippen MR) is 90.5 cm³/mol. The van der Waals surface area contributed by atoms with E-state index in [1.54, 1.807) is 0 Å². The van der Waals surface area contributed by atoms with Crippen molar-refractivity contribution < 1.29 is 9.30 Å². The van der Waals surface area contributed by atoms with Gasteiger partial charge in [-0.3, -0.25) is 0 Å². The molecule has 0 unspecified atom stereocenters. The molecule has 0 radical (unpaired) electrons. The van der Waals surface area contributed by atoms with Gasteiger partial charge in [0.15, 0.2) is 6.20 Å². The fourth-order valence-corrected chi connectivity index (χ4v) is 5.18. The zero-order valence-corrected chi connectivity index (χ0v) is 14.1. The molecule has 0 saturated heterocycles. The van der Waals surface area contributed by atoms with E-state index >= 15 is 0 Å². The molecule has 0 N–H and O–H groups in total. The van der Waals surface area contributed by atoms with Crippen molar-refractivity contribution in [3.63, 3.8) is 0 Å². The molecule has 118 valence electrons. The zero-order chi connectivity index (χ0) is 15.7. The third-order valence-electron chi connectivity index (χ3n) is 6.52. The molecule has 2 heterocycles. The molecule has 2 aliphatic carbocycles. The number of rotatable bonds is 1. The van der Waals surface area contributed by atoms with Crippen LogP contribution in [0.2, 0.25) is 0 Å². The molecule has 2 aromatic rings. The Hall–Kier alpha value is -1.83. The van der Waals surface area contributed by atoms with Crippen LogP contribution in [0.5, 0.6) is 5.75 Å². The number of ether oxygens (including phenoxy) is 1. The number of pyridine rings is 1. The average Bonchev–Trinajstić information content (AvgIpc) is 3.13. The smallest absolute Gasteiger partial charge is 0.216 e. The summed E-state index contributed by atoms with van der Waals surface area (Å²) in [5.74, 6) is 1.19. The maximum atomic E-state index is 6.84. The number of aromatic nitrogens is 1. The normalized spacial score (nSPS) is 22.3. The van der Waals surface area contributed by atoms with Crippen LogP contribution < -0.4 is 9.30 Å². The topological polar surface area (TPSA) is 13.1 Å². The SMILES string of the molecule is Cc1ccc2c(c1-c1cccc[n+]1C)OC1(CCCC1)C21CC1. The fourth-order valence-electron chi connectivity index (χ4n) is 5.18. The lowest BCUT2D eigenvalue weighted by atomic mass is 9.79. The van der Waals surface area contributed by atoms with Crippen LogP contribution >= 0.6 is 0 Å². The Morgan fingerprint density at radius 2 is 1.78 bits per heavy atom. The molecule has 2 saturated carbocycles. The number of nitrogens with zero attached hydrogens (tertiary/aromatic N) is 1. The summed E-state index contributed by atoms with van der Waals surface area (Å²) in [6.07, 6.45) is 9.86. The van der Waals surface area contributed by atoms with Crippen molar-refractivity contribution in [2.24, 2.45) is 7.05 Å². The summed E-state index contributed by atoms with van der Waals surface area (Å²) < 4.78 is 9.05. The minimum absolute atomic E-state index is 0.102. The van der Waals surface area contributed by atoms with Gasteiger partial charge in [0.25, 0.3) is 0 Å². The van der Waals surface area contributed by atoms with Crippen molar-refractivity contribution >= 4 is 0 Å². The first-order valence-electron chi connectivity index (χ1n) is 8.95. The van der Waals surface area contributed by atoms with Crippen LogP contribution in [0.15, 0.2) is 36.5 Å². The molecule has 2 spiro atoms. The minimum Gasteiger partial charge on any atom is -0.485 e. The van der Waals surface area contributed by atoms with Crippen LogP contribution in [-0.2, 0) is 12.5 Å². The summed E-state index contributed by atoms with van der Waals surface area (Å²) in [6.45, 7) is 2.21. The summed E-state index contributed by atoms with van der Waals surface area (Å²) in [6, 6.07) is 11.1. The maximum Gasteiger partial charge on any atom is 0.216 e. The summed E-state index contributed by atoms with van der Waals surface area (Å²) in [4.78, 5) is 0. The van der Waals surface area contributed by atoms with Crippen LogP contribution in [0, 0.1) is 6.92 Å². The Labute approximate surface area is 138 Å². The zero-order valence-electron chi connectivity index (χ0n) is 14.1. The van der Waals surface area contributed by atoms with Gasteiger partial charge < -0.3 is 4.74 Å². The van der Waals surface area contributed by atoms with Gasteiger partial charge in [0.05, 0.1) is 5.56 Å². The van der Waals surface area contributed by atoms with E-state index in [1.807, 2.05) is 0 Å². The van der Waals surface area contributed by atoms with Crippen molar-refractivity contribution in [1.29, 1.82) is 0 Å². The molecular formula is C21H24NO+. The van der Waals surface area contributed by atoms with Crippen molar-refractivity contribution in [2.45, 2.75) is 56.5 Å². The third kappa shape index (κ3) is 1.62. The molecule has 5 rings (SSSR count). The van der Waals surface area contributed by atoms with E-state index in [1.165, 1.54) is 66.7 Å². The number of hydrogen-bond donors (Lipinski definition) is 0. The highest BCUT2D eigenvalue weighted by Crippen LogP contribution is 2.69. The molecule has 0 bridgehead atoms. The van der Waals surface area contributed by atoms with Gasteiger partial charge >= 0.3 is 0 Å². The molecular weight excluding hydrogens is 282 g/mol. The van der Waals surface area contributed by atoms with Gasteiger partial charge in [-0.15, -0.1) is 0 Å². The molecule has 2 heteroatoms. The Kier molecular flexibility index (Phi) is 2.58. The Morgan fingerprint density at radius 3 is 2.48 bits per heavy atom. The number of fused-ring (bicyclic) bond motifs is 3. The second-order valence-corrected chi connectivity index (χ2v) is 7.72. The van der Waals surface area contributed by atoms with Crippen LogP contribution in [0.1, 0.15) is 49.7 Å². The van der Waals surface area contributed by atoms with Gasteiger partial charge in [-0.25, -0.2) is 4.57 Å². The van der Waals surface area contributed by atoms with Gasteiger partial charge in [-0.1, -0.05) is 12.1 Å². The van der Waals surface area contributed by atoms with Crippen LogP contribution in [0.25, 0.3) is 11.3 Å². The van der Waals surface area contributed by atoms with Crippen LogP contribution in [0.3, 0.4) is 0 Å². The van der Waals surface area contributed by atoms with E-state index in [2.05, 4.69) is 55.1 Å². The van der Waals surface area contributed by atoms with Crippen molar-refractivity contribution in [1.82, 2.24) is 0 Å². The fraction of sp³-hybridized carbons (Fsp3) is 0.476. The highest BCUT2D eigenvalue weighted by atomic mass is 16.5. The summed E-state index contributed by atoms with van der Waals surface area (Å²) in [5, 5.41) is 0. The Morgan fingerprint density at radius 1 is 1.00 bits per heavy atom. The average molecular weight is 306 g/mol. The Bertz CT molecular complexity index is 797. The molecule has 1 aromatic carbocycles. The van der Waals surface area contributed by atoms with Crippen LogP contribution in [0.4, 0.5) is 0 Å². The van der Waals surface area contributed by atoms with Gasteiger partial charge in [-0.05, 0) is 57.1 Å². The molecule has 3 aliphatic rings. The molecule has 23 heavy (non-hydrogen) atoms. The van der Waals surface area contributed by atoms with Gasteiger partial charge in [0.2, 0.25) is 5.69 Å². The van der Waals surface area contributed by atoms with Gasteiger partial charge in [0, 0.05) is 23.1 Å². The standard InChI is InChI=1S/C21H24NO/c1-15-8-9-16-19(18(15)17-7-3-6-14-22(17)2)23-21(10-4-5-11-21)20(16)12-13-20/h3,6-9,14H,4-5,10-13H2,1-2H3/q+1. The highest BCUT2D eigenvalue weighted by Gasteiger charge is 2.67. The highest BCUT2D eigenvalue weighted by molar-refractivity contribution is 5.74. The summed E-state index contributed by atoms with van der Waals surface area (Å²) >= 11 is 0. The quantitative estimate of drug-likeness (QED) is 0.719. The summed E-state index contributed by atoms with van der Waals surface area (Å²) in [5.41, 5.74) is 5.80. The Balaban J connectivity index is 1.76. The number of benzene rings is 1. The van der Waals surface area contributed by atoms with Gasteiger partial charge in [0.1, 0.15) is 18.4 Å².